The highest BCUT2D eigenvalue weighted by atomic mass is 32.1. The van der Waals surface area contributed by atoms with E-state index in [4.69, 9.17) is 5.73 Å². The first-order valence-corrected chi connectivity index (χ1v) is 7.66. The number of hydrogen-bond acceptors (Lipinski definition) is 5. The highest BCUT2D eigenvalue weighted by Gasteiger charge is 2.17. The summed E-state index contributed by atoms with van der Waals surface area (Å²) < 4.78 is 0. The number of carbonyl (C=O) groups is 1. The van der Waals surface area contributed by atoms with Crippen molar-refractivity contribution in [2.45, 2.75) is 20.8 Å². The van der Waals surface area contributed by atoms with Gasteiger partial charge in [-0.15, -0.1) is 0 Å². The van der Waals surface area contributed by atoms with Gasteiger partial charge in [-0.2, -0.15) is 0 Å². The second kappa shape index (κ2) is 6.58. The normalized spacial score (nSPS) is 10.7. The maximum absolute atomic E-state index is 12.3. The summed E-state index contributed by atoms with van der Waals surface area (Å²) in [6.07, 6.45) is 0. The van der Waals surface area contributed by atoms with Crippen molar-refractivity contribution in [2.75, 3.05) is 22.9 Å². The van der Waals surface area contributed by atoms with Crippen LogP contribution in [0.25, 0.3) is 0 Å². The molecule has 1 aromatic heterocycles. The van der Waals surface area contributed by atoms with Gasteiger partial charge in [0.15, 0.2) is 5.13 Å². The summed E-state index contributed by atoms with van der Waals surface area (Å²) in [4.78, 5) is 16.9. The topological polar surface area (TPSA) is 80.0 Å². The first-order valence-electron chi connectivity index (χ1n) is 6.84. The lowest BCUT2D eigenvalue weighted by atomic mass is 10.2. The Labute approximate surface area is 128 Å². The monoisotopic (exact) mass is 304 g/mol. The van der Waals surface area contributed by atoms with Crippen LogP contribution in [0, 0.1) is 12.8 Å². The van der Waals surface area contributed by atoms with Crippen LogP contribution in [0.3, 0.4) is 0 Å². The van der Waals surface area contributed by atoms with Crippen LogP contribution in [-0.2, 0) is 0 Å². The van der Waals surface area contributed by atoms with Gasteiger partial charge in [-0.3, -0.25) is 4.79 Å². The van der Waals surface area contributed by atoms with Crippen molar-refractivity contribution in [1.29, 1.82) is 0 Å². The lowest BCUT2D eigenvalue weighted by molar-refractivity contribution is 0.103. The van der Waals surface area contributed by atoms with Gasteiger partial charge in [-0.25, -0.2) is 4.98 Å². The number of thiazole rings is 1. The number of rotatable bonds is 5. The first-order chi connectivity index (χ1) is 9.97. The number of para-hydroxylation sites is 1. The molecule has 1 heterocycles. The molecule has 6 heteroatoms. The minimum Gasteiger partial charge on any atom is -0.382 e. The average molecular weight is 304 g/mol. The van der Waals surface area contributed by atoms with E-state index in [-0.39, 0.29) is 11.7 Å². The molecule has 0 radical (unpaired) electrons. The number of nitrogens with two attached hydrogens (primary N) is 1. The number of nitrogens with zero attached hydrogens (tertiary/aromatic N) is 1. The molecule has 1 aromatic carbocycles. The summed E-state index contributed by atoms with van der Waals surface area (Å²) in [6, 6.07) is 7.62. The van der Waals surface area contributed by atoms with Gasteiger partial charge >= 0.3 is 0 Å². The fourth-order valence-electron chi connectivity index (χ4n) is 1.75. The molecule has 0 fully saturated rings. The third-order valence-electron chi connectivity index (χ3n) is 2.91. The van der Waals surface area contributed by atoms with Gasteiger partial charge in [0.2, 0.25) is 0 Å². The van der Waals surface area contributed by atoms with E-state index in [1.165, 1.54) is 11.3 Å². The van der Waals surface area contributed by atoms with Crippen molar-refractivity contribution < 1.29 is 4.79 Å². The molecular weight excluding hydrogens is 284 g/mol. The van der Waals surface area contributed by atoms with Crippen LogP contribution in [0.5, 0.6) is 0 Å². The van der Waals surface area contributed by atoms with Crippen molar-refractivity contribution in [3.63, 3.8) is 0 Å². The number of aromatic nitrogens is 1. The van der Waals surface area contributed by atoms with E-state index in [1.54, 1.807) is 0 Å². The van der Waals surface area contributed by atoms with Crippen LogP contribution >= 0.6 is 11.3 Å². The molecule has 0 atom stereocenters. The number of carbonyl (C=O) groups excluding carboxylic acids is 1. The molecule has 21 heavy (non-hydrogen) atoms. The SMILES string of the molecule is Cc1ccccc1NC(=O)c1sc(NCC(C)C)nc1N. The van der Waals surface area contributed by atoms with E-state index in [2.05, 4.69) is 29.5 Å². The second-order valence-electron chi connectivity index (χ2n) is 5.28. The number of aryl methyl sites for hydroxylation is 1. The van der Waals surface area contributed by atoms with Crippen LogP contribution in [0.1, 0.15) is 29.1 Å². The third-order valence-corrected chi connectivity index (χ3v) is 3.94. The van der Waals surface area contributed by atoms with E-state index >= 15 is 0 Å². The number of nitrogen functional groups attached to an aromatic ring is 1. The van der Waals surface area contributed by atoms with Crippen molar-refractivity contribution in [3.05, 3.63) is 34.7 Å². The molecule has 0 spiro atoms. The lowest BCUT2D eigenvalue weighted by Crippen LogP contribution is -2.12. The molecule has 2 rings (SSSR count). The molecule has 0 saturated heterocycles. The van der Waals surface area contributed by atoms with Crippen molar-refractivity contribution >= 4 is 33.9 Å². The van der Waals surface area contributed by atoms with Gasteiger partial charge in [0, 0.05) is 12.2 Å². The first kappa shape index (κ1) is 15.3. The van der Waals surface area contributed by atoms with Gasteiger partial charge in [0.25, 0.3) is 5.91 Å². The van der Waals surface area contributed by atoms with Crippen LogP contribution in [0.15, 0.2) is 24.3 Å². The molecule has 5 nitrogen and oxygen atoms in total. The van der Waals surface area contributed by atoms with Crippen molar-refractivity contribution in [2.24, 2.45) is 5.92 Å². The molecule has 0 bridgehead atoms. The standard InChI is InChI=1S/C15H20N4OS/c1-9(2)8-17-15-19-13(16)12(21-15)14(20)18-11-7-5-4-6-10(11)3/h4-7,9H,8,16H2,1-3H3,(H,17,19)(H,18,20). The highest BCUT2D eigenvalue weighted by Crippen LogP contribution is 2.26. The Kier molecular flexibility index (Phi) is 4.80. The van der Waals surface area contributed by atoms with Gasteiger partial charge in [0.1, 0.15) is 10.7 Å². The van der Waals surface area contributed by atoms with Gasteiger partial charge in [-0.05, 0) is 24.5 Å². The largest absolute Gasteiger partial charge is 0.382 e. The van der Waals surface area contributed by atoms with Crippen molar-refractivity contribution in [3.8, 4) is 0 Å². The quantitative estimate of drug-likeness (QED) is 0.791. The highest BCUT2D eigenvalue weighted by molar-refractivity contribution is 7.18. The van der Waals surface area contributed by atoms with E-state index in [9.17, 15) is 4.79 Å². The van der Waals surface area contributed by atoms with E-state index in [1.807, 2.05) is 31.2 Å². The zero-order chi connectivity index (χ0) is 15.4. The van der Waals surface area contributed by atoms with E-state index in [0.29, 0.717) is 15.9 Å². The molecule has 112 valence electrons. The number of benzene rings is 1. The molecule has 0 aliphatic carbocycles. The summed E-state index contributed by atoms with van der Waals surface area (Å²) >= 11 is 1.28. The Morgan fingerprint density at radius 3 is 2.76 bits per heavy atom. The maximum Gasteiger partial charge on any atom is 0.269 e. The Morgan fingerprint density at radius 2 is 2.10 bits per heavy atom. The Hall–Kier alpha value is -2.08. The lowest BCUT2D eigenvalue weighted by Gasteiger charge is -2.06. The second-order valence-corrected chi connectivity index (χ2v) is 6.28. The van der Waals surface area contributed by atoms with Crippen LogP contribution in [-0.4, -0.2) is 17.4 Å². The fraction of sp³-hybridized carbons (Fsp3) is 0.333. The molecule has 2 aromatic rings. The summed E-state index contributed by atoms with van der Waals surface area (Å²) in [5.74, 6) is 0.536. The summed E-state index contributed by atoms with van der Waals surface area (Å²) in [5, 5.41) is 6.73. The fourth-order valence-corrected chi connectivity index (χ4v) is 2.54. The number of anilines is 3. The Balaban J connectivity index is 2.11. The minimum absolute atomic E-state index is 0.225. The van der Waals surface area contributed by atoms with Gasteiger partial charge < -0.3 is 16.4 Å². The summed E-state index contributed by atoms with van der Waals surface area (Å²) in [5.41, 5.74) is 7.63. The zero-order valence-electron chi connectivity index (χ0n) is 12.4. The average Bonchev–Trinajstić information content (AvgIpc) is 2.80. The van der Waals surface area contributed by atoms with Gasteiger partial charge in [-0.1, -0.05) is 43.4 Å². The molecular formula is C15H20N4OS. The number of hydrogen-bond donors (Lipinski definition) is 3. The number of nitrogens with one attached hydrogen (secondary N) is 2. The molecule has 0 unspecified atom stereocenters. The predicted octanol–water partition coefficient (Wildman–Crippen LogP) is 3.35. The van der Waals surface area contributed by atoms with E-state index in [0.717, 1.165) is 17.8 Å². The Morgan fingerprint density at radius 1 is 1.38 bits per heavy atom. The zero-order valence-corrected chi connectivity index (χ0v) is 13.3. The van der Waals surface area contributed by atoms with Crippen LogP contribution in [0.2, 0.25) is 0 Å². The molecule has 0 aliphatic heterocycles. The predicted molar refractivity (Wildman–Crippen MR) is 89.0 cm³/mol. The van der Waals surface area contributed by atoms with Crippen LogP contribution in [0.4, 0.5) is 16.6 Å². The molecule has 1 amide bonds. The minimum atomic E-state index is -0.225. The van der Waals surface area contributed by atoms with Gasteiger partial charge in [0.05, 0.1) is 0 Å². The number of amides is 1. The van der Waals surface area contributed by atoms with E-state index < -0.39 is 0 Å². The maximum atomic E-state index is 12.3. The molecule has 4 N–H and O–H groups in total. The third kappa shape index (κ3) is 3.95. The van der Waals surface area contributed by atoms with Crippen molar-refractivity contribution in [1.82, 2.24) is 4.98 Å². The molecule has 0 aliphatic rings. The van der Waals surface area contributed by atoms with Crippen LogP contribution < -0.4 is 16.4 Å². The smallest absolute Gasteiger partial charge is 0.269 e. The Bertz CT molecular complexity index is 636. The summed E-state index contributed by atoms with van der Waals surface area (Å²) in [6.45, 7) is 6.96. The summed E-state index contributed by atoms with van der Waals surface area (Å²) in [7, 11) is 0. The molecule has 0 saturated carbocycles.